The number of carbonyl (C=O) groups excluding carboxylic acids is 2. The van der Waals surface area contributed by atoms with Crippen molar-refractivity contribution in [2.45, 2.75) is 25.5 Å². The van der Waals surface area contributed by atoms with Crippen molar-refractivity contribution in [3.05, 3.63) is 59.9 Å². The van der Waals surface area contributed by atoms with E-state index in [9.17, 15) is 14.7 Å². The van der Waals surface area contributed by atoms with E-state index in [2.05, 4.69) is 10.3 Å². The summed E-state index contributed by atoms with van der Waals surface area (Å²) < 4.78 is 9.96. The molecule has 2 rings (SSSR count). The number of nitrogens with one attached hydrogen (secondary N) is 1. The van der Waals surface area contributed by atoms with Crippen molar-refractivity contribution in [3.8, 4) is 5.75 Å². The summed E-state index contributed by atoms with van der Waals surface area (Å²) >= 11 is 0. The number of nitrogens with zero attached hydrogens (tertiary/aromatic N) is 1. The molecule has 2 aromatic rings. The van der Waals surface area contributed by atoms with Gasteiger partial charge in [0.15, 0.2) is 0 Å². The number of hydrogen-bond acceptors (Lipinski definition) is 6. The number of phenolic OH excluding ortho intramolecular Hbond substituents is 1. The predicted octanol–water partition coefficient (Wildman–Crippen LogP) is 2.19. The number of hydrogen-bond donors (Lipinski definition) is 2. The standard InChI is InChI=1S/C18H20N2O5/c1-18(16(22)24-2,11-13-3-5-15(21)6-4-13)20-17(23)25-12-14-7-9-19-10-8-14/h3-10,21H,11-12H2,1-2H3,(H,20,23). The van der Waals surface area contributed by atoms with Crippen LogP contribution in [-0.4, -0.2) is 34.8 Å². The Labute approximate surface area is 145 Å². The third-order valence-electron chi connectivity index (χ3n) is 3.63. The molecule has 132 valence electrons. The van der Waals surface area contributed by atoms with Gasteiger partial charge < -0.3 is 19.9 Å². The number of amides is 1. The lowest BCUT2D eigenvalue weighted by Crippen LogP contribution is -2.54. The molecule has 2 N–H and O–H groups in total. The first kappa shape index (κ1) is 18.3. The summed E-state index contributed by atoms with van der Waals surface area (Å²) in [6.07, 6.45) is 2.65. The van der Waals surface area contributed by atoms with Crippen molar-refractivity contribution in [2.24, 2.45) is 0 Å². The second kappa shape index (κ2) is 8.14. The number of phenols is 1. The Morgan fingerprint density at radius 1 is 1.12 bits per heavy atom. The number of benzene rings is 1. The van der Waals surface area contributed by atoms with Gasteiger partial charge in [0, 0.05) is 18.8 Å². The number of aromatic nitrogens is 1. The molecule has 1 atom stereocenters. The second-order valence-corrected chi connectivity index (χ2v) is 5.72. The van der Waals surface area contributed by atoms with Gasteiger partial charge in [-0.15, -0.1) is 0 Å². The van der Waals surface area contributed by atoms with Gasteiger partial charge in [0.2, 0.25) is 0 Å². The number of methoxy groups -OCH3 is 1. The minimum Gasteiger partial charge on any atom is -0.508 e. The molecule has 25 heavy (non-hydrogen) atoms. The topological polar surface area (TPSA) is 97.8 Å². The van der Waals surface area contributed by atoms with Gasteiger partial charge in [-0.2, -0.15) is 0 Å². The summed E-state index contributed by atoms with van der Waals surface area (Å²) in [5.74, 6) is -0.477. The van der Waals surface area contributed by atoms with Crippen LogP contribution < -0.4 is 5.32 Å². The van der Waals surface area contributed by atoms with Crippen LogP contribution in [0.4, 0.5) is 4.79 Å². The molecule has 1 unspecified atom stereocenters. The molecule has 7 heteroatoms. The van der Waals surface area contributed by atoms with Gasteiger partial charge in [0.1, 0.15) is 17.9 Å². The summed E-state index contributed by atoms with van der Waals surface area (Å²) in [7, 11) is 1.25. The van der Waals surface area contributed by atoms with Crippen molar-refractivity contribution in [1.82, 2.24) is 10.3 Å². The van der Waals surface area contributed by atoms with Crippen LogP contribution in [0.1, 0.15) is 18.1 Å². The Morgan fingerprint density at radius 2 is 1.76 bits per heavy atom. The highest BCUT2D eigenvalue weighted by molar-refractivity contribution is 5.85. The van der Waals surface area contributed by atoms with E-state index < -0.39 is 17.6 Å². The van der Waals surface area contributed by atoms with Gasteiger partial charge in [-0.05, 0) is 42.3 Å². The molecule has 1 aromatic heterocycles. The first-order chi connectivity index (χ1) is 11.9. The molecule has 1 aromatic carbocycles. The molecule has 0 radical (unpaired) electrons. The second-order valence-electron chi connectivity index (χ2n) is 5.72. The first-order valence-electron chi connectivity index (χ1n) is 7.63. The molecule has 0 bridgehead atoms. The SMILES string of the molecule is COC(=O)C(C)(Cc1ccc(O)cc1)NC(=O)OCc1ccncc1. The van der Waals surface area contributed by atoms with Gasteiger partial charge >= 0.3 is 12.1 Å². The maximum atomic E-state index is 12.2. The van der Waals surface area contributed by atoms with Gasteiger partial charge in [-0.1, -0.05) is 12.1 Å². The number of aromatic hydroxyl groups is 1. The lowest BCUT2D eigenvalue weighted by Gasteiger charge is -2.27. The molecular weight excluding hydrogens is 324 g/mol. The Morgan fingerprint density at radius 3 is 2.36 bits per heavy atom. The van der Waals surface area contributed by atoms with E-state index in [0.717, 1.165) is 11.1 Å². The van der Waals surface area contributed by atoms with Crippen LogP contribution in [0.5, 0.6) is 5.75 Å². The van der Waals surface area contributed by atoms with Gasteiger partial charge in [-0.3, -0.25) is 4.98 Å². The number of carbonyl (C=O) groups is 2. The highest BCUT2D eigenvalue weighted by atomic mass is 16.6. The Kier molecular flexibility index (Phi) is 5.94. The van der Waals surface area contributed by atoms with Gasteiger partial charge in [0.25, 0.3) is 0 Å². The van der Waals surface area contributed by atoms with Crippen molar-refractivity contribution < 1.29 is 24.2 Å². The van der Waals surface area contributed by atoms with Crippen molar-refractivity contribution in [3.63, 3.8) is 0 Å². The van der Waals surface area contributed by atoms with E-state index in [1.807, 2.05) is 0 Å². The molecule has 0 aliphatic carbocycles. The monoisotopic (exact) mass is 344 g/mol. The molecule has 0 aliphatic rings. The number of alkyl carbamates (subject to hydrolysis) is 1. The fourth-order valence-corrected chi connectivity index (χ4v) is 2.30. The van der Waals surface area contributed by atoms with Crippen LogP contribution in [0.3, 0.4) is 0 Å². The molecule has 7 nitrogen and oxygen atoms in total. The van der Waals surface area contributed by atoms with Crippen molar-refractivity contribution in [1.29, 1.82) is 0 Å². The number of ether oxygens (including phenoxy) is 2. The summed E-state index contributed by atoms with van der Waals surface area (Å²) in [5, 5.41) is 11.9. The Hall–Kier alpha value is -3.09. The van der Waals surface area contributed by atoms with E-state index in [1.54, 1.807) is 43.6 Å². The van der Waals surface area contributed by atoms with E-state index in [0.29, 0.717) is 0 Å². The quantitative estimate of drug-likeness (QED) is 0.780. The van der Waals surface area contributed by atoms with Crippen LogP contribution in [0.2, 0.25) is 0 Å². The van der Waals surface area contributed by atoms with Crippen LogP contribution >= 0.6 is 0 Å². The lowest BCUT2D eigenvalue weighted by atomic mass is 9.93. The van der Waals surface area contributed by atoms with Crippen molar-refractivity contribution in [2.75, 3.05) is 7.11 Å². The highest BCUT2D eigenvalue weighted by Crippen LogP contribution is 2.18. The highest BCUT2D eigenvalue weighted by Gasteiger charge is 2.37. The molecule has 0 saturated heterocycles. The molecular formula is C18H20N2O5. The molecule has 0 fully saturated rings. The minimum absolute atomic E-state index is 0.0603. The molecule has 0 aliphatic heterocycles. The fourth-order valence-electron chi connectivity index (χ4n) is 2.30. The zero-order chi connectivity index (χ0) is 18.3. The average Bonchev–Trinajstić information content (AvgIpc) is 2.62. The number of pyridine rings is 1. The van der Waals surface area contributed by atoms with Crippen molar-refractivity contribution >= 4 is 12.1 Å². The molecule has 1 amide bonds. The van der Waals surface area contributed by atoms with Crippen LogP contribution in [0.25, 0.3) is 0 Å². The number of esters is 1. The van der Waals surface area contributed by atoms with Crippen LogP contribution in [0.15, 0.2) is 48.8 Å². The largest absolute Gasteiger partial charge is 0.508 e. The maximum absolute atomic E-state index is 12.2. The lowest BCUT2D eigenvalue weighted by molar-refractivity contribution is -0.147. The summed E-state index contributed by atoms with van der Waals surface area (Å²) in [4.78, 5) is 28.1. The summed E-state index contributed by atoms with van der Waals surface area (Å²) in [6.45, 7) is 1.62. The Balaban J connectivity index is 2.04. The Bertz CT molecular complexity index is 718. The zero-order valence-corrected chi connectivity index (χ0v) is 14.1. The van der Waals surface area contributed by atoms with Gasteiger partial charge in [0.05, 0.1) is 7.11 Å². The molecule has 1 heterocycles. The average molecular weight is 344 g/mol. The van der Waals surface area contributed by atoms with Crippen LogP contribution in [0, 0.1) is 0 Å². The number of rotatable bonds is 6. The van der Waals surface area contributed by atoms with Gasteiger partial charge in [-0.25, -0.2) is 9.59 Å². The van der Waals surface area contributed by atoms with E-state index in [4.69, 9.17) is 9.47 Å². The fraction of sp³-hybridized carbons (Fsp3) is 0.278. The summed E-state index contributed by atoms with van der Waals surface area (Å²) in [6, 6.07) is 9.80. The van der Waals surface area contributed by atoms with E-state index in [-0.39, 0.29) is 18.8 Å². The smallest absolute Gasteiger partial charge is 0.408 e. The minimum atomic E-state index is -1.30. The third kappa shape index (κ3) is 5.20. The predicted molar refractivity (Wildman–Crippen MR) is 89.8 cm³/mol. The molecule has 0 spiro atoms. The summed E-state index contributed by atoms with van der Waals surface area (Å²) in [5.41, 5.74) is 0.227. The molecule has 0 saturated carbocycles. The zero-order valence-electron chi connectivity index (χ0n) is 14.1. The van der Waals surface area contributed by atoms with E-state index >= 15 is 0 Å². The van der Waals surface area contributed by atoms with Crippen LogP contribution in [-0.2, 0) is 27.3 Å². The third-order valence-corrected chi connectivity index (χ3v) is 3.63. The maximum Gasteiger partial charge on any atom is 0.408 e. The first-order valence-corrected chi connectivity index (χ1v) is 7.63. The normalized spacial score (nSPS) is 12.7. The van der Waals surface area contributed by atoms with E-state index in [1.165, 1.54) is 19.2 Å².